The summed E-state index contributed by atoms with van der Waals surface area (Å²) in [4.78, 5) is 4.02. The van der Waals surface area contributed by atoms with E-state index in [1.807, 2.05) is 6.92 Å². The molecule has 0 fully saturated rings. The lowest BCUT2D eigenvalue weighted by atomic mass is 10.2. The second-order valence-corrected chi connectivity index (χ2v) is 3.85. The molecule has 0 saturated carbocycles. The molecule has 0 aliphatic rings. The Morgan fingerprint density at radius 3 is 2.50 bits per heavy atom. The van der Waals surface area contributed by atoms with Crippen LogP contribution in [0, 0.1) is 0 Å². The molecule has 18 heavy (non-hydrogen) atoms. The van der Waals surface area contributed by atoms with Gasteiger partial charge in [0.1, 0.15) is 5.75 Å². The lowest BCUT2D eigenvalue weighted by Gasteiger charge is -2.11. The Morgan fingerprint density at radius 2 is 1.94 bits per heavy atom. The zero-order valence-corrected chi connectivity index (χ0v) is 9.75. The number of benzene rings is 1. The summed E-state index contributed by atoms with van der Waals surface area (Å²) < 4.78 is 30.1. The van der Waals surface area contributed by atoms with Crippen molar-refractivity contribution in [3.63, 3.8) is 0 Å². The molecule has 0 amide bonds. The predicted molar refractivity (Wildman–Crippen MR) is 62.8 cm³/mol. The summed E-state index contributed by atoms with van der Waals surface area (Å²) >= 11 is 0. The maximum absolute atomic E-state index is 12.0. The van der Waals surface area contributed by atoms with Gasteiger partial charge in [0.05, 0.1) is 18.2 Å². The number of nitrogens with two attached hydrogens (primary N) is 1. The summed E-state index contributed by atoms with van der Waals surface area (Å²) in [5.74, 6) is 0.121. The van der Waals surface area contributed by atoms with Gasteiger partial charge in [-0.25, -0.2) is 4.98 Å². The average Bonchev–Trinajstić information content (AvgIpc) is 2.78. The van der Waals surface area contributed by atoms with Crippen LogP contribution < -0.4 is 10.5 Å². The third-order valence-corrected chi connectivity index (χ3v) is 2.47. The third-order valence-electron chi connectivity index (χ3n) is 2.47. The van der Waals surface area contributed by atoms with Crippen molar-refractivity contribution in [1.29, 1.82) is 0 Å². The molecule has 0 bridgehead atoms. The van der Waals surface area contributed by atoms with Gasteiger partial charge in [-0.3, -0.25) is 0 Å². The number of halogens is 2. The normalized spacial score (nSPS) is 12.7. The van der Waals surface area contributed by atoms with Crippen molar-refractivity contribution >= 4 is 0 Å². The smallest absolute Gasteiger partial charge is 0.387 e. The van der Waals surface area contributed by atoms with Crippen molar-refractivity contribution < 1.29 is 13.5 Å². The van der Waals surface area contributed by atoms with Crippen LogP contribution >= 0.6 is 0 Å². The molecule has 0 aliphatic carbocycles. The second kappa shape index (κ2) is 5.14. The van der Waals surface area contributed by atoms with Gasteiger partial charge in [0.2, 0.25) is 0 Å². The van der Waals surface area contributed by atoms with Gasteiger partial charge in [0, 0.05) is 11.7 Å². The molecular formula is C12H13F2N3O. The SMILES string of the molecule is C[C@@H](N)c1cncn1-c1ccc(OC(F)F)cc1. The number of hydrogen-bond acceptors (Lipinski definition) is 3. The minimum absolute atomic E-state index is 0.121. The first-order chi connectivity index (χ1) is 8.58. The van der Waals surface area contributed by atoms with Gasteiger partial charge in [-0.15, -0.1) is 0 Å². The van der Waals surface area contributed by atoms with Crippen LogP contribution in [0.1, 0.15) is 18.7 Å². The number of hydrogen-bond donors (Lipinski definition) is 1. The number of rotatable bonds is 4. The van der Waals surface area contributed by atoms with Gasteiger partial charge < -0.3 is 15.0 Å². The third kappa shape index (κ3) is 2.65. The summed E-state index contributed by atoms with van der Waals surface area (Å²) in [6, 6.07) is 6.14. The highest BCUT2D eigenvalue weighted by atomic mass is 19.3. The fourth-order valence-corrected chi connectivity index (χ4v) is 1.65. The Hall–Kier alpha value is -1.95. The molecule has 0 spiro atoms. The van der Waals surface area contributed by atoms with Crippen LogP contribution in [0.3, 0.4) is 0 Å². The van der Waals surface area contributed by atoms with Gasteiger partial charge >= 0.3 is 6.61 Å². The lowest BCUT2D eigenvalue weighted by molar-refractivity contribution is -0.0498. The first-order valence-corrected chi connectivity index (χ1v) is 5.41. The molecule has 2 N–H and O–H groups in total. The van der Waals surface area contributed by atoms with Crippen molar-refractivity contribution in [2.75, 3.05) is 0 Å². The lowest BCUT2D eigenvalue weighted by Crippen LogP contribution is -2.10. The van der Waals surface area contributed by atoms with Gasteiger partial charge in [-0.05, 0) is 31.2 Å². The first kappa shape index (κ1) is 12.5. The average molecular weight is 253 g/mol. The largest absolute Gasteiger partial charge is 0.435 e. The van der Waals surface area contributed by atoms with Crippen LogP contribution in [0.15, 0.2) is 36.8 Å². The van der Waals surface area contributed by atoms with E-state index in [0.29, 0.717) is 0 Å². The Labute approximate surface area is 103 Å². The Kier molecular flexibility index (Phi) is 3.57. The zero-order chi connectivity index (χ0) is 13.1. The van der Waals surface area contributed by atoms with E-state index in [2.05, 4.69) is 9.72 Å². The maximum Gasteiger partial charge on any atom is 0.387 e. The molecule has 0 unspecified atom stereocenters. The predicted octanol–water partition coefficient (Wildman–Crippen LogP) is 2.49. The second-order valence-electron chi connectivity index (χ2n) is 3.85. The molecule has 96 valence electrons. The highest BCUT2D eigenvalue weighted by Gasteiger charge is 2.09. The Balaban J connectivity index is 2.26. The van der Waals surface area contributed by atoms with E-state index in [1.165, 1.54) is 12.1 Å². The molecule has 1 heterocycles. The topological polar surface area (TPSA) is 53.1 Å². The number of imidazole rings is 1. The molecule has 6 heteroatoms. The minimum Gasteiger partial charge on any atom is -0.435 e. The minimum atomic E-state index is -2.82. The summed E-state index contributed by atoms with van der Waals surface area (Å²) in [6.45, 7) is -0.967. The molecule has 2 rings (SSSR count). The quantitative estimate of drug-likeness (QED) is 0.910. The number of alkyl halides is 2. The van der Waals surface area contributed by atoms with Crippen molar-refractivity contribution in [3.05, 3.63) is 42.5 Å². The zero-order valence-electron chi connectivity index (χ0n) is 9.75. The summed E-state index contributed by atoms with van der Waals surface area (Å²) in [5, 5.41) is 0. The molecule has 0 aliphatic heterocycles. The van der Waals surface area contributed by atoms with E-state index in [9.17, 15) is 8.78 Å². The fraction of sp³-hybridized carbons (Fsp3) is 0.250. The van der Waals surface area contributed by atoms with Gasteiger partial charge in [0.25, 0.3) is 0 Å². The summed E-state index contributed by atoms with van der Waals surface area (Å²) in [5.41, 5.74) is 7.45. The molecule has 4 nitrogen and oxygen atoms in total. The molecule has 1 aromatic carbocycles. The highest BCUT2D eigenvalue weighted by Crippen LogP contribution is 2.20. The first-order valence-electron chi connectivity index (χ1n) is 5.41. The van der Waals surface area contributed by atoms with E-state index < -0.39 is 6.61 Å². The van der Waals surface area contributed by atoms with E-state index >= 15 is 0 Å². The Bertz CT molecular complexity index is 508. The Morgan fingerprint density at radius 1 is 1.28 bits per heavy atom. The number of nitrogens with zero attached hydrogens (tertiary/aromatic N) is 2. The van der Waals surface area contributed by atoms with Crippen molar-refractivity contribution in [2.24, 2.45) is 5.73 Å². The van der Waals surface area contributed by atoms with Crippen LogP contribution in [0.25, 0.3) is 5.69 Å². The van der Waals surface area contributed by atoms with Crippen LogP contribution in [0.2, 0.25) is 0 Å². The molecular weight excluding hydrogens is 240 g/mol. The van der Waals surface area contributed by atoms with Gasteiger partial charge in [-0.2, -0.15) is 8.78 Å². The van der Waals surface area contributed by atoms with Crippen LogP contribution in [0.5, 0.6) is 5.75 Å². The number of ether oxygens (including phenoxy) is 1. The van der Waals surface area contributed by atoms with Crippen LogP contribution in [-0.4, -0.2) is 16.2 Å². The monoisotopic (exact) mass is 253 g/mol. The highest BCUT2D eigenvalue weighted by molar-refractivity contribution is 5.39. The molecule has 0 radical (unpaired) electrons. The summed E-state index contributed by atoms with van der Waals surface area (Å²) in [6.07, 6.45) is 3.30. The number of aromatic nitrogens is 2. The van der Waals surface area contributed by atoms with Crippen molar-refractivity contribution in [1.82, 2.24) is 9.55 Å². The maximum atomic E-state index is 12.0. The van der Waals surface area contributed by atoms with Gasteiger partial charge in [-0.1, -0.05) is 0 Å². The standard InChI is InChI=1S/C12H13F2N3O/c1-8(15)11-6-16-7-17(11)9-2-4-10(5-3-9)18-12(13)14/h2-8,12H,15H2,1H3/t8-/m1/s1. The van der Waals surface area contributed by atoms with E-state index in [1.54, 1.807) is 29.2 Å². The fourth-order valence-electron chi connectivity index (χ4n) is 1.65. The molecule has 0 saturated heterocycles. The van der Waals surface area contributed by atoms with Crippen LogP contribution in [-0.2, 0) is 0 Å². The van der Waals surface area contributed by atoms with Gasteiger partial charge in [0.15, 0.2) is 0 Å². The summed E-state index contributed by atoms with van der Waals surface area (Å²) in [7, 11) is 0. The van der Waals surface area contributed by atoms with E-state index in [4.69, 9.17) is 5.73 Å². The van der Waals surface area contributed by atoms with Crippen molar-refractivity contribution in [2.45, 2.75) is 19.6 Å². The van der Waals surface area contributed by atoms with Crippen LogP contribution in [0.4, 0.5) is 8.78 Å². The molecule has 1 atom stereocenters. The van der Waals surface area contributed by atoms with Crippen molar-refractivity contribution in [3.8, 4) is 11.4 Å². The molecule has 2 aromatic rings. The van der Waals surface area contributed by atoms with E-state index in [0.717, 1.165) is 11.4 Å². The molecule has 1 aromatic heterocycles. The van der Waals surface area contributed by atoms with E-state index in [-0.39, 0.29) is 11.8 Å².